The minimum atomic E-state index is -0.582. The number of aryl methyl sites for hydroxylation is 1. The maximum atomic E-state index is 11.9. The summed E-state index contributed by atoms with van der Waals surface area (Å²) in [5.74, 6) is 0.540. The molecule has 0 amide bonds. The fraction of sp³-hybridized carbons (Fsp3) is 0.118. The van der Waals surface area contributed by atoms with E-state index in [0.717, 1.165) is 16.9 Å². The lowest BCUT2D eigenvalue weighted by Gasteiger charge is -2.05. The van der Waals surface area contributed by atoms with Gasteiger partial charge in [-0.05, 0) is 42.3 Å². The average molecular weight is 311 g/mol. The second-order valence-electron chi connectivity index (χ2n) is 5.11. The molecule has 0 atom stereocenters. The van der Waals surface area contributed by atoms with Gasteiger partial charge in [-0.2, -0.15) is 0 Å². The number of nitro groups is 1. The predicted octanol–water partition coefficient (Wildman–Crippen LogP) is 3.58. The molecule has 0 aliphatic carbocycles. The van der Waals surface area contributed by atoms with E-state index in [0.29, 0.717) is 11.3 Å². The summed E-state index contributed by atoms with van der Waals surface area (Å²) in [6, 6.07) is 9.67. The molecule has 0 saturated carbocycles. The highest BCUT2D eigenvalue weighted by Crippen LogP contribution is 2.34. The first-order valence-corrected chi connectivity index (χ1v) is 6.87. The molecule has 116 valence electrons. The Labute approximate surface area is 132 Å². The van der Waals surface area contributed by atoms with Gasteiger partial charge in [-0.15, -0.1) is 0 Å². The largest absolute Gasteiger partial charge is 0.497 e. The molecule has 0 fully saturated rings. The number of carbonyl (C=O) groups excluding carboxylic acids is 1. The Morgan fingerprint density at radius 1 is 1.17 bits per heavy atom. The standard InChI is InChI=1S/C17H13NO5/c1-10-7-13(22-2)5-3-11(10)8-16-14-6-4-12(18(20)21)9-15(14)17(19)23-16/h3-9H,1-2H3. The summed E-state index contributed by atoms with van der Waals surface area (Å²) in [5.41, 5.74) is 2.46. The van der Waals surface area contributed by atoms with Crippen LogP contribution in [0.2, 0.25) is 0 Å². The van der Waals surface area contributed by atoms with Crippen LogP contribution in [0.5, 0.6) is 5.75 Å². The van der Waals surface area contributed by atoms with Crippen LogP contribution in [-0.4, -0.2) is 18.0 Å². The Bertz CT molecular complexity index is 854. The van der Waals surface area contributed by atoms with Crippen molar-refractivity contribution in [3.8, 4) is 5.75 Å². The fourth-order valence-electron chi connectivity index (χ4n) is 2.42. The lowest BCUT2D eigenvalue weighted by atomic mass is 10.0. The van der Waals surface area contributed by atoms with Crippen LogP contribution in [0.4, 0.5) is 5.69 Å². The summed E-state index contributed by atoms with van der Waals surface area (Å²) in [6.45, 7) is 1.92. The molecule has 6 nitrogen and oxygen atoms in total. The maximum absolute atomic E-state index is 11.9. The summed E-state index contributed by atoms with van der Waals surface area (Å²) < 4.78 is 10.4. The Balaban J connectivity index is 2.04. The van der Waals surface area contributed by atoms with Crippen LogP contribution in [0, 0.1) is 17.0 Å². The van der Waals surface area contributed by atoms with E-state index in [2.05, 4.69) is 0 Å². The van der Waals surface area contributed by atoms with Crippen LogP contribution < -0.4 is 4.74 Å². The van der Waals surface area contributed by atoms with Crippen molar-refractivity contribution in [2.45, 2.75) is 6.92 Å². The number of benzene rings is 2. The molecule has 1 heterocycles. The van der Waals surface area contributed by atoms with Crippen molar-refractivity contribution in [2.24, 2.45) is 0 Å². The van der Waals surface area contributed by atoms with Gasteiger partial charge in [-0.1, -0.05) is 6.07 Å². The number of cyclic esters (lactones) is 1. The number of ether oxygens (including phenoxy) is 2. The van der Waals surface area contributed by atoms with Crippen molar-refractivity contribution < 1.29 is 19.2 Å². The van der Waals surface area contributed by atoms with Crippen LogP contribution in [0.1, 0.15) is 27.0 Å². The van der Waals surface area contributed by atoms with Crippen molar-refractivity contribution >= 4 is 23.5 Å². The fourth-order valence-corrected chi connectivity index (χ4v) is 2.42. The highest BCUT2D eigenvalue weighted by molar-refractivity contribution is 6.06. The van der Waals surface area contributed by atoms with Crippen LogP contribution in [-0.2, 0) is 4.74 Å². The third kappa shape index (κ3) is 2.66. The lowest BCUT2D eigenvalue weighted by molar-refractivity contribution is -0.384. The molecule has 0 N–H and O–H groups in total. The van der Waals surface area contributed by atoms with Crippen LogP contribution >= 0.6 is 0 Å². The number of methoxy groups -OCH3 is 1. The number of esters is 1. The zero-order chi connectivity index (χ0) is 16.6. The molecule has 0 radical (unpaired) electrons. The molecule has 23 heavy (non-hydrogen) atoms. The first-order valence-electron chi connectivity index (χ1n) is 6.87. The highest BCUT2D eigenvalue weighted by Gasteiger charge is 2.28. The van der Waals surface area contributed by atoms with Crippen molar-refractivity contribution in [2.75, 3.05) is 7.11 Å². The number of hydrogen-bond donors (Lipinski definition) is 0. The third-order valence-corrected chi connectivity index (χ3v) is 3.67. The number of carbonyl (C=O) groups is 1. The van der Waals surface area contributed by atoms with E-state index < -0.39 is 10.9 Å². The monoisotopic (exact) mass is 311 g/mol. The van der Waals surface area contributed by atoms with Crippen molar-refractivity contribution in [3.63, 3.8) is 0 Å². The highest BCUT2D eigenvalue weighted by atomic mass is 16.6. The van der Waals surface area contributed by atoms with E-state index in [1.165, 1.54) is 18.2 Å². The molecule has 0 unspecified atom stereocenters. The van der Waals surface area contributed by atoms with Gasteiger partial charge in [0.05, 0.1) is 17.6 Å². The number of non-ortho nitro benzene ring substituents is 1. The minimum Gasteiger partial charge on any atom is -0.497 e. The van der Waals surface area contributed by atoms with E-state index in [9.17, 15) is 14.9 Å². The van der Waals surface area contributed by atoms with Gasteiger partial charge in [-0.3, -0.25) is 10.1 Å². The van der Waals surface area contributed by atoms with Gasteiger partial charge in [0.2, 0.25) is 0 Å². The van der Waals surface area contributed by atoms with Crippen LogP contribution in [0.15, 0.2) is 36.4 Å². The molecule has 0 spiro atoms. The maximum Gasteiger partial charge on any atom is 0.344 e. The predicted molar refractivity (Wildman–Crippen MR) is 84.1 cm³/mol. The summed E-state index contributed by atoms with van der Waals surface area (Å²) >= 11 is 0. The molecule has 0 saturated heterocycles. The van der Waals surface area contributed by atoms with Crippen molar-refractivity contribution in [3.05, 3.63) is 68.8 Å². The van der Waals surface area contributed by atoms with Gasteiger partial charge in [-0.25, -0.2) is 4.79 Å². The SMILES string of the molecule is COc1ccc(C=C2OC(=O)c3cc([N+](=O)[O-])ccc32)c(C)c1. The van der Waals surface area contributed by atoms with Crippen LogP contribution in [0.25, 0.3) is 11.8 Å². The topological polar surface area (TPSA) is 78.7 Å². The summed E-state index contributed by atoms with van der Waals surface area (Å²) in [6.07, 6.45) is 1.74. The van der Waals surface area contributed by atoms with Gasteiger partial charge >= 0.3 is 5.97 Å². The number of nitrogens with zero attached hydrogens (tertiary/aromatic N) is 1. The van der Waals surface area contributed by atoms with Crippen LogP contribution in [0.3, 0.4) is 0 Å². The van der Waals surface area contributed by atoms with Crippen molar-refractivity contribution in [1.29, 1.82) is 0 Å². The molecule has 2 aromatic carbocycles. The Hall–Kier alpha value is -3.15. The molecule has 3 rings (SSSR count). The second-order valence-corrected chi connectivity index (χ2v) is 5.11. The van der Waals surface area contributed by atoms with Crippen molar-refractivity contribution in [1.82, 2.24) is 0 Å². The average Bonchev–Trinajstić information content (AvgIpc) is 2.85. The molecule has 1 aliphatic rings. The number of rotatable bonds is 3. The zero-order valence-electron chi connectivity index (χ0n) is 12.5. The van der Waals surface area contributed by atoms with E-state index in [1.54, 1.807) is 13.2 Å². The van der Waals surface area contributed by atoms with Gasteiger partial charge < -0.3 is 9.47 Å². The van der Waals surface area contributed by atoms with Gasteiger partial charge in [0.25, 0.3) is 5.69 Å². The van der Waals surface area contributed by atoms with E-state index in [4.69, 9.17) is 9.47 Å². The summed E-state index contributed by atoms with van der Waals surface area (Å²) in [4.78, 5) is 22.2. The summed E-state index contributed by atoms with van der Waals surface area (Å²) in [7, 11) is 1.59. The Morgan fingerprint density at radius 3 is 2.61 bits per heavy atom. The lowest BCUT2D eigenvalue weighted by Crippen LogP contribution is -1.95. The summed E-state index contributed by atoms with van der Waals surface area (Å²) in [5, 5.41) is 10.8. The Kier molecular flexibility index (Phi) is 3.57. The molecular formula is C17H13NO5. The number of nitro benzene ring substituents is 1. The van der Waals surface area contributed by atoms with Gasteiger partial charge in [0.1, 0.15) is 11.5 Å². The van der Waals surface area contributed by atoms with E-state index >= 15 is 0 Å². The zero-order valence-corrected chi connectivity index (χ0v) is 12.5. The molecule has 0 aromatic heterocycles. The molecule has 0 bridgehead atoms. The molecule has 6 heteroatoms. The van der Waals surface area contributed by atoms with E-state index in [-0.39, 0.29) is 11.3 Å². The van der Waals surface area contributed by atoms with Gasteiger partial charge in [0, 0.05) is 17.7 Å². The number of fused-ring (bicyclic) bond motifs is 1. The first kappa shape index (κ1) is 14.8. The first-order chi connectivity index (χ1) is 11.0. The second kappa shape index (κ2) is 5.57. The Morgan fingerprint density at radius 2 is 1.96 bits per heavy atom. The molecule has 2 aromatic rings. The smallest absolute Gasteiger partial charge is 0.344 e. The third-order valence-electron chi connectivity index (χ3n) is 3.67. The minimum absolute atomic E-state index is 0.137. The molecule has 1 aliphatic heterocycles. The normalized spacial score (nSPS) is 14.5. The quantitative estimate of drug-likeness (QED) is 0.492. The van der Waals surface area contributed by atoms with Gasteiger partial charge in [0.15, 0.2) is 0 Å². The van der Waals surface area contributed by atoms with E-state index in [1.807, 2.05) is 25.1 Å². The number of hydrogen-bond acceptors (Lipinski definition) is 5. The molecular weight excluding hydrogens is 298 g/mol.